The Morgan fingerprint density at radius 3 is 2.72 bits per heavy atom. The first-order valence-electron chi connectivity index (χ1n) is 11.2. The molecule has 3 heterocycles. The third-order valence-electron chi connectivity index (χ3n) is 6.76. The molecule has 6 rings (SSSR count). The minimum Gasteiger partial charge on any atom is -0.493 e. The lowest BCUT2D eigenvalue weighted by atomic mass is 9.68. The number of piperidine rings is 2. The summed E-state index contributed by atoms with van der Waals surface area (Å²) in [5, 5.41) is 13.1. The van der Waals surface area contributed by atoms with Crippen LogP contribution in [0.4, 0.5) is 15.8 Å². The number of aromatic nitrogens is 1. The molecule has 1 aromatic heterocycles. The van der Waals surface area contributed by atoms with Gasteiger partial charge >= 0.3 is 0 Å². The zero-order chi connectivity index (χ0) is 25.6. The van der Waals surface area contributed by atoms with Crippen molar-refractivity contribution >= 4 is 51.4 Å². The highest BCUT2D eigenvalue weighted by molar-refractivity contribution is 6.42. The van der Waals surface area contributed by atoms with Crippen molar-refractivity contribution in [2.75, 3.05) is 25.5 Å². The summed E-state index contributed by atoms with van der Waals surface area (Å²) in [4.78, 5) is 18.2. The largest absolute Gasteiger partial charge is 0.493 e. The summed E-state index contributed by atoms with van der Waals surface area (Å²) in [6.45, 7) is 4.78. The average molecular weight is 527 g/mol. The minimum absolute atomic E-state index is 0.0622. The van der Waals surface area contributed by atoms with E-state index in [1.165, 1.54) is 31.5 Å². The number of hydrogen-bond acceptors (Lipinski definition) is 6. The predicted molar refractivity (Wildman–Crippen MR) is 136 cm³/mol. The maximum atomic E-state index is 14.8. The smallest absolute Gasteiger partial charge is 0.245 e. The highest BCUT2D eigenvalue weighted by Crippen LogP contribution is 2.45. The number of nitrogens with one attached hydrogen (secondary N) is 1. The predicted octanol–water partition coefficient (Wildman–Crippen LogP) is 5.72. The molecule has 1 saturated carbocycles. The van der Waals surface area contributed by atoms with Gasteiger partial charge in [-0.3, -0.25) is 9.78 Å². The molecular weight excluding hydrogens is 506 g/mol. The van der Waals surface area contributed by atoms with Crippen LogP contribution in [0, 0.1) is 29.0 Å². The van der Waals surface area contributed by atoms with E-state index in [0.29, 0.717) is 41.2 Å². The number of amides is 1. The summed E-state index contributed by atoms with van der Waals surface area (Å²) in [6.07, 6.45) is 3.63. The summed E-state index contributed by atoms with van der Waals surface area (Å²) in [5.74, 6) is 0.535. The van der Waals surface area contributed by atoms with Gasteiger partial charge in [-0.15, -0.1) is 0 Å². The summed E-state index contributed by atoms with van der Waals surface area (Å²) < 4.78 is 26.8. The molecule has 3 aromatic rings. The van der Waals surface area contributed by atoms with E-state index in [1.54, 1.807) is 17.0 Å². The molecule has 1 amide bonds. The van der Waals surface area contributed by atoms with Gasteiger partial charge < -0.3 is 19.7 Å². The molecule has 2 saturated heterocycles. The van der Waals surface area contributed by atoms with Gasteiger partial charge in [0.15, 0.2) is 17.3 Å². The average Bonchev–Trinajstić information content (AvgIpc) is 2.91. The van der Waals surface area contributed by atoms with Crippen LogP contribution in [0.5, 0.6) is 11.5 Å². The topological polar surface area (TPSA) is 87.5 Å². The highest BCUT2D eigenvalue weighted by atomic mass is 35.5. The quantitative estimate of drug-likeness (QED) is 0.326. The molecule has 7 nitrogen and oxygen atoms in total. The second-order valence-corrected chi connectivity index (χ2v) is 9.60. The molecule has 184 valence electrons. The summed E-state index contributed by atoms with van der Waals surface area (Å²) >= 11 is 11.9. The molecule has 3 atom stereocenters. The van der Waals surface area contributed by atoms with Gasteiger partial charge in [-0.1, -0.05) is 29.8 Å². The lowest BCUT2D eigenvalue weighted by Crippen LogP contribution is -2.61. The summed E-state index contributed by atoms with van der Waals surface area (Å²) in [5.41, 5.74) is 1.15. The van der Waals surface area contributed by atoms with Gasteiger partial charge in [0.05, 0.1) is 39.6 Å². The number of carbonyl (C=O) groups excluding carboxylic acids is 1. The third kappa shape index (κ3) is 4.08. The van der Waals surface area contributed by atoms with Crippen LogP contribution in [-0.2, 0) is 4.79 Å². The Kier molecular flexibility index (Phi) is 6.37. The lowest BCUT2D eigenvalue weighted by Gasteiger charge is -2.52. The van der Waals surface area contributed by atoms with Crippen LogP contribution in [0.15, 0.2) is 43.1 Å². The van der Waals surface area contributed by atoms with Crippen molar-refractivity contribution < 1.29 is 18.7 Å². The standard InChI is InChI=1S/C26H21Cl2FN4O3/c1-3-22(34)33-11-13-6-14(12-33)26(13)36-21-7-16-19(8-20(21)35-2)31-10-15(9-30)25(16)32-18-5-4-17(27)23(28)24(18)29/h3-5,7-8,10,13-14,26H,1,6,11-12H2,2H3,(H,31,32)/t13-,14+,26+. The molecule has 36 heavy (non-hydrogen) atoms. The molecule has 1 aliphatic carbocycles. The normalized spacial score (nSPS) is 20.3. The Hall–Kier alpha value is -3.54. The SMILES string of the molecule is C=CC(=O)N1C[C@H]2C[C@@H](C1)[C@H]2Oc1cc2c(Nc3ccc(Cl)c(Cl)c3F)c(C#N)cnc2cc1OC. The summed E-state index contributed by atoms with van der Waals surface area (Å²) in [6, 6.07) is 8.46. The van der Waals surface area contributed by atoms with Gasteiger partial charge in [-0.2, -0.15) is 5.26 Å². The van der Waals surface area contributed by atoms with Crippen molar-refractivity contribution in [1.29, 1.82) is 5.26 Å². The lowest BCUT2D eigenvalue weighted by molar-refractivity contribution is -0.142. The highest BCUT2D eigenvalue weighted by Gasteiger charge is 2.49. The molecular formula is C26H21Cl2FN4O3. The number of carbonyl (C=O) groups is 1. The van der Waals surface area contributed by atoms with Gasteiger partial charge in [0.25, 0.3) is 0 Å². The van der Waals surface area contributed by atoms with E-state index in [0.717, 1.165) is 6.42 Å². The van der Waals surface area contributed by atoms with Crippen LogP contribution in [-0.4, -0.2) is 42.1 Å². The van der Waals surface area contributed by atoms with Crippen molar-refractivity contribution in [2.24, 2.45) is 11.8 Å². The Morgan fingerprint density at radius 1 is 1.31 bits per heavy atom. The number of ether oxygens (including phenoxy) is 2. The van der Waals surface area contributed by atoms with E-state index in [1.807, 2.05) is 0 Å². The molecule has 2 aromatic carbocycles. The molecule has 1 N–H and O–H groups in total. The fourth-order valence-electron chi connectivity index (χ4n) is 4.92. The third-order valence-corrected chi connectivity index (χ3v) is 7.54. The number of anilines is 2. The van der Waals surface area contributed by atoms with E-state index >= 15 is 0 Å². The molecule has 0 radical (unpaired) electrons. The van der Waals surface area contributed by atoms with Crippen molar-refractivity contribution in [3.05, 3.63) is 64.5 Å². The fraction of sp³-hybridized carbons (Fsp3) is 0.269. The Bertz CT molecular complexity index is 1430. The van der Waals surface area contributed by atoms with Gasteiger partial charge in [0.2, 0.25) is 5.91 Å². The molecule has 2 aliphatic heterocycles. The number of rotatable bonds is 6. The van der Waals surface area contributed by atoms with Crippen LogP contribution in [0.2, 0.25) is 10.0 Å². The molecule has 3 aliphatic rings. The Morgan fingerprint density at radius 2 is 2.06 bits per heavy atom. The molecule has 0 spiro atoms. The number of fused-ring (bicyclic) bond motifs is 3. The zero-order valence-corrected chi connectivity index (χ0v) is 20.7. The van der Waals surface area contributed by atoms with E-state index in [-0.39, 0.29) is 45.1 Å². The number of methoxy groups -OCH3 is 1. The van der Waals surface area contributed by atoms with Crippen molar-refractivity contribution in [2.45, 2.75) is 12.5 Å². The number of hydrogen-bond donors (Lipinski definition) is 1. The first kappa shape index (κ1) is 24.2. The molecule has 0 unspecified atom stereocenters. The maximum Gasteiger partial charge on any atom is 0.245 e. The van der Waals surface area contributed by atoms with Gasteiger partial charge in [0, 0.05) is 42.6 Å². The van der Waals surface area contributed by atoms with Crippen molar-refractivity contribution in [3.63, 3.8) is 0 Å². The van der Waals surface area contributed by atoms with Crippen LogP contribution in [0.25, 0.3) is 10.9 Å². The van der Waals surface area contributed by atoms with Crippen LogP contribution >= 0.6 is 23.2 Å². The van der Waals surface area contributed by atoms with Crippen molar-refractivity contribution in [3.8, 4) is 17.6 Å². The number of benzene rings is 2. The van der Waals surface area contributed by atoms with Gasteiger partial charge in [0.1, 0.15) is 12.2 Å². The second kappa shape index (κ2) is 9.49. The van der Waals surface area contributed by atoms with Gasteiger partial charge in [-0.05, 0) is 30.7 Å². The van der Waals surface area contributed by atoms with Crippen LogP contribution in [0.1, 0.15) is 12.0 Å². The number of nitrogens with zero attached hydrogens (tertiary/aromatic N) is 3. The summed E-state index contributed by atoms with van der Waals surface area (Å²) in [7, 11) is 1.54. The molecule has 10 heteroatoms. The number of nitriles is 1. The van der Waals surface area contributed by atoms with Crippen LogP contribution in [0.3, 0.4) is 0 Å². The first-order chi connectivity index (χ1) is 17.3. The Balaban J connectivity index is 1.52. The molecule has 2 bridgehead atoms. The number of pyridine rings is 1. The fourth-order valence-corrected chi connectivity index (χ4v) is 5.23. The second-order valence-electron chi connectivity index (χ2n) is 8.81. The maximum absolute atomic E-state index is 14.8. The Labute approximate surface area is 217 Å². The van der Waals surface area contributed by atoms with E-state index in [9.17, 15) is 14.4 Å². The van der Waals surface area contributed by atoms with E-state index in [2.05, 4.69) is 22.9 Å². The van der Waals surface area contributed by atoms with E-state index in [4.69, 9.17) is 32.7 Å². The van der Waals surface area contributed by atoms with Gasteiger partial charge in [-0.25, -0.2) is 4.39 Å². The molecule has 3 fully saturated rings. The van der Waals surface area contributed by atoms with Crippen molar-refractivity contribution in [1.82, 2.24) is 9.88 Å². The monoisotopic (exact) mass is 526 g/mol. The number of halogens is 3. The minimum atomic E-state index is -0.732. The first-order valence-corrected chi connectivity index (χ1v) is 12.0. The van der Waals surface area contributed by atoms with Crippen LogP contribution < -0.4 is 14.8 Å². The zero-order valence-electron chi connectivity index (χ0n) is 19.2. The van der Waals surface area contributed by atoms with E-state index < -0.39 is 5.82 Å².